The lowest BCUT2D eigenvalue weighted by molar-refractivity contribution is -0.140. The number of hydrogen-bond acceptors (Lipinski definition) is 3. The summed E-state index contributed by atoms with van der Waals surface area (Å²) < 4.78 is 1.26. The minimum atomic E-state index is -1.01. The van der Waals surface area contributed by atoms with Gasteiger partial charge in [0.25, 0.3) is 5.56 Å². The Kier molecular flexibility index (Phi) is 2.38. The van der Waals surface area contributed by atoms with Crippen molar-refractivity contribution >= 4 is 23.1 Å². The lowest BCUT2D eigenvalue weighted by Crippen LogP contribution is -2.31. The van der Waals surface area contributed by atoms with Crippen LogP contribution in [0, 0.1) is 0 Å². The molecule has 2 aliphatic rings. The highest BCUT2D eigenvalue weighted by atomic mass is 35.5. The Hall–Kier alpha value is -1.88. The molecule has 0 amide bonds. The van der Waals surface area contributed by atoms with Gasteiger partial charge in [-0.15, -0.1) is 0 Å². The van der Waals surface area contributed by atoms with E-state index in [1.54, 1.807) is 18.2 Å². The molecule has 0 saturated heterocycles. The molecule has 1 aliphatic carbocycles. The highest BCUT2D eigenvalue weighted by Crippen LogP contribution is 2.30. The molecule has 1 aromatic rings. The molecular formula is C12H9ClN2O3. The van der Waals surface area contributed by atoms with Gasteiger partial charge in [-0.3, -0.25) is 9.36 Å². The molecular weight excluding hydrogens is 256 g/mol. The Bertz CT molecular complexity index is 673. The van der Waals surface area contributed by atoms with E-state index in [0.717, 1.165) is 0 Å². The number of aromatic nitrogens is 2. The van der Waals surface area contributed by atoms with Crippen LogP contribution in [0.4, 0.5) is 0 Å². The van der Waals surface area contributed by atoms with Crippen molar-refractivity contribution in [2.24, 2.45) is 0 Å². The highest BCUT2D eigenvalue weighted by molar-refractivity contribution is 6.30. The summed E-state index contributed by atoms with van der Waals surface area (Å²) in [4.78, 5) is 27.5. The molecule has 1 atom stereocenters. The molecule has 0 bridgehead atoms. The molecule has 0 fully saturated rings. The summed E-state index contributed by atoms with van der Waals surface area (Å²) in [7, 11) is 0. The number of carboxylic acids is 1. The summed E-state index contributed by atoms with van der Waals surface area (Å²) >= 11 is 6.03. The van der Waals surface area contributed by atoms with Gasteiger partial charge < -0.3 is 5.11 Å². The average Bonchev–Trinajstić information content (AvgIpc) is 2.68. The van der Waals surface area contributed by atoms with E-state index in [0.29, 0.717) is 24.1 Å². The second kappa shape index (κ2) is 3.81. The highest BCUT2D eigenvalue weighted by Gasteiger charge is 2.32. The van der Waals surface area contributed by atoms with Gasteiger partial charge in [-0.1, -0.05) is 29.8 Å². The monoisotopic (exact) mass is 264 g/mol. The molecule has 1 N–H and O–H groups in total. The van der Waals surface area contributed by atoms with Crippen LogP contribution >= 0.6 is 11.6 Å². The van der Waals surface area contributed by atoms with E-state index < -0.39 is 12.0 Å². The molecule has 1 aromatic heterocycles. The van der Waals surface area contributed by atoms with Gasteiger partial charge in [-0.25, -0.2) is 9.78 Å². The van der Waals surface area contributed by atoms with Crippen LogP contribution in [0.25, 0.3) is 5.57 Å². The summed E-state index contributed by atoms with van der Waals surface area (Å²) in [5.74, 6) is -1.01. The number of rotatable bonds is 2. The number of aliphatic carboxylic acids is 1. The predicted molar refractivity (Wildman–Crippen MR) is 65.6 cm³/mol. The van der Waals surface area contributed by atoms with E-state index in [9.17, 15) is 9.59 Å². The Balaban J connectivity index is 2.24. The van der Waals surface area contributed by atoms with Crippen molar-refractivity contribution in [1.82, 2.24) is 9.55 Å². The minimum Gasteiger partial charge on any atom is -0.480 e. The smallest absolute Gasteiger partial charge is 0.326 e. The van der Waals surface area contributed by atoms with Gasteiger partial charge in [0.15, 0.2) is 0 Å². The van der Waals surface area contributed by atoms with E-state index in [2.05, 4.69) is 4.98 Å². The normalized spacial score (nSPS) is 20.3. The van der Waals surface area contributed by atoms with E-state index in [-0.39, 0.29) is 16.4 Å². The Morgan fingerprint density at radius 1 is 1.56 bits per heavy atom. The number of carbonyl (C=O) groups is 1. The molecule has 18 heavy (non-hydrogen) atoms. The topological polar surface area (TPSA) is 72.2 Å². The van der Waals surface area contributed by atoms with E-state index >= 15 is 0 Å². The van der Waals surface area contributed by atoms with Crippen LogP contribution < -0.4 is 5.56 Å². The number of hydrogen-bond donors (Lipinski definition) is 1. The zero-order valence-electron chi connectivity index (χ0n) is 9.26. The second-order valence-corrected chi connectivity index (χ2v) is 4.60. The summed E-state index contributed by atoms with van der Waals surface area (Å²) in [5.41, 5.74) is 1.05. The van der Waals surface area contributed by atoms with Crippen molar-refractivity contribution in [2.45, 2.75) is 18.9 Å². The van der Waals surface area contributed by atoms with E-state index in [1.165, 1.54) is 4.57 Å². The molecule has 6 heteroatoms. The largest absolute Gasteiger partial charge is 0.480 e. The molecule has 0 unspecified atom stereocenters. The van der Waals surface area contributed by atoms with Crippen molar-refractivity contribution in [3.63, 3.8) is 0 Å². The maximum atomic E-state index is 12.3. The first kappa shape index (κ1) is 11.2. The number of halogens is 1. The standard InChI is InChI=1S/C12H9ClN2O3/c13-10-7-4-5-8(12(17)18)15(7)11(16)9(14-10)6-2-1-3-6/h1-3,8H,4-5H2,(H,17,18)/t8-/m0/s1. The zero-order valence-corrected chi connectivity index (χ0v) is 10.0. The molecule has 92 valence electrons. The fourth-order valence-electron chi connectivity index (χ4n) is 2.27. The maximum Gasteiger partial charge on any atom is 0.326 e. The maximum absolute atomic E-state index is 12.3. The summed E-state index contributed by atoms with van der Waals surface area (Å²) in [6.07, 6.45) is 6.13. The number of fused-ring (bicyclic) bond motifs is 1. The van der Waals surface area contributed by atoms with Gasteiger partial charge in [0, 0.05) is 5.57 Å². The van der Waals surface area contributed by atoms with Gasteiger partial charge in [0.2, 0.25) is 0 Å². The predicted octanol–water partition coefficient (Wildman–Crippen LogP) is 1.42. The summed E-state index contributed by atoms with van der Waals surface area (Å²) in [6.45, 7) is 0. The Morgan fingerprint density at radius 2 is 2.28 bits per heavy atom. The molecule has 0 saturated carbocycles. The summed E-state index contributed by atoms with van der Waals surface area (Å²) in [6, 6.07) is -0.837. The molecule has 0 radical (unpaired) electrons. The van der Waals surface area contributed by atoms with Crippen LogP contribution in [-0.4, -0.2) is 20.6 Å². The first-order valence-corrected chi connectivity index (χ1v) is 5.90. The van der Waals surface area contributed by atoms with E-state index in [4.69, 9.17) is 16.7 Å². The van der Waals surface area contributed by atoms with Gasteiger partial charge in [-0.2, -0.15) is 0 Å². The van der Waals surface area contributed by atoms with Gasteiger partial charge in [-0.05, 0) is 12.8 Å². The van der Waals surface area contributed by atoms with Crippen LogP contribution in [0.1, 0.15) is 23.9 Å². The Morgan fingerprint density at radius 3 is 2.83 bits per heavy atom. The number of nitrogens with zero attached hydrogens (tertiary/aromatic N) is 2. The first-order chi connectivity index (χ1) is 8.59. The van der Waals surface area contributed by atoms with Crippen molar-refractivity contribution in [3.05, 3.63) is 45.1 Å². The number of carboxylic acid groups (broad SMARTS) is 1. The minimum absolute atomic E-state index is 0.217. The fourth-order valence-corrected chi connectivity index (χ4v) is 2.54. The third kappa shape index (κ3) is 1.44. The van der Waals surface area contributed by atoms with E-state index in [1.807, 2.05) is 0 Å². The zero-order chi connectivity index (χ0) is 12.9. The van der Waals surface area contributed by atoms with Crippen LogP contribution in [-0.2, 0) is 11.2 Å². The fraction of sp³-hybridized carbons (Fsp3) is 0.250. The molecule has 1 aliphatic heterocycles. The summed E-state index contributed by atoms with van der Waals surface area (Å²) in [5, 5.41) is 9.34. The lowest BCUT2D eigenvalue weighted by atomic mass is 10.1. The molecule has 0 spiro atoms. The van der Waals surface area contributed by atoms with Gasteiger partial charge in [0.1, 0.15) is 16.9 Å². The van der Waals surface area contributed by atoms with Crippen LogP contribution in [0.15, 0.2) is 23.0 Å². The van der Waals surface area contributed by atoms with Crippen LogP contribution in [0.5, 0.6) is 0 Å². The quantitative estimate of drug-likeness (QED) is 0.877. The first-order valence-electron chi connectivity index (χ1n) is 5.52. The van der Waals surface area contributed by atoms with Crippen LogP contribution in [0.2, 0.25) is 5.15 Å². The van der Waals surface area contributed by atoms with Gasteiger partial charge in [0.05, 0.1) is 5.69 Å². The Labute approximate surface area is 107 Å². The lowest BCUT2D eigenvalue weighted by Gasteiger charge is -2.14. The van der Waals surface area contributed by atoms with Crippen molar-refractivity contribution in [2.75, 3.05) is 0 Å². The van der Waals surface area contributed by atoms with Gasteiger partial charge >= 0.3 is 5.97 Å². The SMILES string of the molecule is O=C(O)[C@@H]1CCc2c(Cl)nc(C3=CC=C3)c(=O)n21. The van der Waals surface area contributed by atoms with Crippen LogP contribution in [0.3, 0.4) is 0 Å². The average molecular weight is 265 g/mol. The van der Waals surface area contributed by atoms with Crippen molar-refractivity contribution in [1.29, 1.82) is 0 Å². The molecule has 2 heterocycles. The molecule has 3 rings (SSSR count). The second-order valence-electron chi connectivity index (χ2n) is 4.25. The third-order valence-corrected chi connectivity index (χ3v) is 3.54. The van der Waals surface area contributed by atoms with Crippen molar-refractivity contribution < 1.29 is 9.90 Å². The van der Waals surface area contributed by atoms with Crippen molar-refractivity contribution in [3.8, 4) is 0 Å². The number of allylic oxidation sites excluding steroid dienone is 4. The molecule has 0 aromatic carbocycles. The third-order valence-electron chi connectivity index (χ3n) is 3.24. The molecule has 5 nitrogen and oxygen atoms in total.